The van der Waals surface area contributed by atoms with Gasteiger partial charge in [0, 0.05) is 18.5 Å². The van der Waals surface area contributed by atoms with Crippen molar-refractivity contribution in [3.8, 4) is 0 Å². The van der Waals surface area contributed by atoms with Crippen LogP contribution in [0.25, 0.3) is 0 Å². The zero-order valence-corrected chi connectivity index (χ0v) is 23.5. The first-order valence-electron chi connectivity index (χ1n) is 13.4. The molecule has 1 saturated heterocycles. The van der Waals surface area contributed by atoms with Gasteiger partial charge < -0.3 is 20.7 Å². The minimum absolute atomic E-state index is 0.00491. The summed E-state index contributed by atoms with van der Waals surface area (Å²) in [5.74, 6) is -0.539. The second-order valence-electron chi connectivity index (χ2n) is 12.1. The van der Waals surface area contributed by atoms with Crippen molar-refractivity contribution in [2.75, 3.05) is 19.7 Å². The molecular formula is C31H43N3O4. The Bertz CT molecular complexity index is 1090. The van der Waals surface area contributed by atoms with E-state index in [1.54, 1.807) is 18.7 Å². The molecule has 0 unspecified atom stereocenters. The second-order valence-corrected chi connectivity index (χ2v) is 12.1. The minimum atomic E-state index is -1.15. The Hall–Kier alpha value is -3.03. The molecule has 206 valence electrons. The Morgan fingerprint density at radius 2 is 1.55 bits per heavy atom. The second kappa shape index (κ2) is 12.2. The quantitative estimate of drug-likeness (QED) is 0.494. The zero-order chi connectivity index (χ0) is 28.0. The van der Waals surface area contributed by atoms with Crippen molar-refractivity contribution in [1.82, 2.24) is 10.2 Å². The number of ketones is 1. The van der Waals surface area contributed by atoms with E-state index in [9.17, 15) is 14.4 Å². The van der Waals surface area contributed by atoms with Gasteiger partial charge in [-0.1, -0.05) is 81.4 Å². The first kappa shape index (κ1) is 29.5. The van der Waals surface area contributed by atoms with Gasteiger partial charge in [-0.15, -0.1) is 0 Å². The highest BCUT2D eigenvalue weighted by molar-refractivity contribution is 5.93. The standard InChI is InChI=1S/C31H43N3O4/c1-29(2,3)27(36)31(19-23-13-8-6-9-14-23)17-12-18-34(22-31)26(35)25(33-28(37)30(4,5)32)21-38-20-24-15-10-7-11-16-24/h6-11,13-16,25H,12,17-22,32H2,1-5H3,(H,33,37)/t25-,31-/m1/s1. The molecule has 7 heteroatoms. The van der Waals surface area contributed by atoms with Crippen molar-refractivity contribution < 1.29 is 19.1 Å². The Kier molecular flexibility index (Phi) is 9.49. The van der Waals surface area contributed by atoms with E-state index in [0.29, 0.717) is 39.0 Å². The number of Topliss-reactive ketones (excluding diaryl/α,β-unsaturated/α-hetero) is 1. The van der Waals surface area contributed by atoms with Gasteiger partial charge in [0.15, 0.2) is 0 Å². The van der Waals surface area contributed by atoms with Gasteiger partial charge in [-0.25, -0.2) is 0 Å². The van der Waals surface area contributed by atoms with E-state index < -0.39 is 28.3 Å². The number of nitrogens with zero attached hydrogens (tertiary/aromatic N) is 1. The molecule has 38 heavy (non-hydrogen) atoms. The molecule has 1 aliphatic heterocycles. The predicted molar refractivity (Wildman–Crippen MR) is 149 cm³/mol. The number of nitrogens with one attached hydrogen (secondary N) is 1. The molecule has 7 nitrogen and oxygen atoms in total. The van der Waals surface area contributed by atoms with Crippen LogP contribution in [-0.4, -0.2) is 53.8 Å². The molecule has 2 aromatic carbocycles. The summed E-state index contributed by atoms with van der Waals surface area (Å²) in [6.45, 7) is 10.1. The molecule has 0 radical (unpaired) electrons. The first-order chi connectivity index (χ1) is 17.8. The molecule has 2 atom stereocenters. The molecule has 2 amide bonds. The van der Waals surface area contributed by atoms with Crippen molar-refractivity contribution in [2.24, 2.45) is 16.6 Å². The van der Waals surface area contributed by atoms with E-state index >= 15 is 0 Å². The molecule has 3 N–H and O–H groups in total. The van der Waals surface area contributed by atoms with Crippen LogP contribution in [0, 0.1) is 10.8 Å². The van der Waals surface area contributed by atoms with Crippen LogP contribution in [0.4, 0.5) is 0 Å². The fourth-order valence-electron chi connectivity index (χ4n) is 5.12. The van der Waals surface area contributed by atoms with Gasteiger partial charge in [0.25, 0.3) is 0 Å². The monoisotopic (exact) mass is 521 g/mol. The number of benzene rings is 2. The van der Waals surface area contributed by atoms with Gasteiger partial charge in [-0.3, -0.25) is 14.4 Å². The number of amides is 2. The number of ether oxygens (including phenoxy) is 1. The Morgan fingerprint density at radius 3 is 2.11 bits per heavy atom. The molecule has 0 saturated carbocycles. The van der Waals surface area contributed by atoms with Crippen molar-refractivity contribution in [3.63, 3.8) is 0 Å². The minimum Gasteiger partial charge on any atom is -0.374 e. The SMILES string of the molecule is CC(C)(C)C(=O)[C@@]1(Cc2ccccc2)CCCN(C(=O)[C@@H](COCc2ccccc2)NC(=O)C(C)(C)N)C1. The van der Waals surface area contributed by atoms with Crippen LogP contribution >= 0.6 is 0 Å². The summed E-state index contributed by atoms with van der Waals surface area (Å²) < 4.78 is 5.89. The van der Waals surface area contributed by atoms with Gasteiger partial charge in [0.05, 0.1) is 24.2 Å². The largest absolute Gasteiger partial charge is 0.374 e. The van der Waals surface area contributed by atoms with E-state index in [4.69, 9.17) is 10.5 Å². The maximum atomic E-state index is 13.9. The number of rotatable bonds is 10. The molecule has 1 heterocycles. The van der Waals surface area contributed by atoms with Crippen LogP contribution in [0.3, 0.4) is 0 Å². The van der Waals surface area contributed by atoms with E-state index in [2.05, 4.69) is 5.32 Å². The van der Waals surface area contributed by atoms with Crippen molar-refractivity contribution in [3.05, 3.63) is 71.8 Å². The summed E-state index contributed by atoms with van der Waals surface area (Å²) in [5, 5.41) is 2.81. The summed E-state index contributed by atoms with van der Waals surface area (Å²) in [5.41, 5.74) is 5.64. The van der Waals surface area contributed by atoms with E-state index in [-0.39, 0.29) is 18.3 Å². The maximum Gasteiger partial charge on any atom is 0.247 e. The number of hydrogen-bond acceptors (Lipinski definition) is 5. The number of likely N-dealkylation sites (tertiary alicyclic amines) is 1. The van der Waals surface area contributed by atoms with Gasteiger partial charge in [-0.05, 0) is 44.2 Å². The molecule has 0 aromatic heterocycles. The summed E-state index contributed by atoms with van der Waals surface area (Å²) in [7, 11) is 0. The van der Waals surface area contributed by atoms with Crippen LogP contribution in [0.15, 0.2) is 60.7 Å². The summed E-state index contributed by atoms with van der Waals surface area (Å²) in [6.07, 6.45) is 1.97. The van der Waals surface area contributed by atoms with Crippen LogP contribution in [0.5, 0.6) is 0 Å². The topological polar surface area (TPSA) is 102 Å². The lowest BCUT2D eigenvalue weighted by molar-refractivity contribution is -0.148. The van der Waals surface area contributed by atoms with Gasteiger partial charge in [0.1, 0.15) is 11.8 Å². The van der Waals surface area contributed by atoms with Crippen molar-refractivity contribution >= 4 is 17.6 Å². The highest BCUT2D eigenvalue weighted by Gasteiger charge is 2.48. The smallest absolute Gasteiger partial charge is 0.247 e. The average Bonchev–Trinajstić information content (AvgIpc) is 2.87. The van der Waals surface area contributed by atoms with E-state index in [0.717, 1.165) is 11.1 Å². The Labute approximate surface area is 227 Å². The number of carbonyl (C=O) groups excluding carboxylic acids is 3. The van der Waals surface area contributed by atoms with Crippen molar-refractivity contribution in [1.29, 1.82) is 0 Å². The summed E-state index contributed by atoms with van der Waals surface area (Å²) in [4.78, 5) is 42.3. The summed E-state index contributed by atoms with van der Waals surface area (Å²) in [6, 6.07) is 18.7. The number of piperidine rings is 1. The Balaban J connectivity index is 1.84. The van der Waals surface area contributed by atoms with E-state index in [1.165, 1.54) is 0 Å². The lowest BCUT2D eigenvalue weighted by Gasteiger charge is -2.45. The highest BCUT2D eigenvalue weighted by Crippen LogP contribution is 2.40. The number of carbonyl (C=O) groups is 3. The van der Waals surface area contributed by atoms with Crippen LogP contribution < -0.4 is 11.1 Å². The molecule has 3 rings (SSSR count). The fourth-order valence-corrected chi connectivity index (χ4v) is 5.12. The highest BCUT2D eigenvalue weighted by atomic mass is 16.5. The molecule has 2 aromatic rings. The average molecular weight is 522 g/mol. The lowest BCUT2D eigenvalue weighted by atomic mass is 9.65. The Morgan fingerprint density at radius 1 is 0.974 bits per heavy atom. The third kappa shape index (κ3) is 7.74. The molecule has 1 fully saturated rings. The van der Waals surface area contributed by atoms with Gasteiger partial charge in [0.2, 0.25) is 11.8 Å². The molecule has 1 aliphatic rings. The van der Waals surface area contributed by atoms with Crippen LogP contribution in [-0.2, 0) is 32.1 Å². The molecular weight excluding hydrogens is 478 g/mol. The number of hydrogen-bond donors (Lipinski definition) is 2. The molecule has 0 aliphatic carbocycles. The molecule has 0 bridgehead atoms. The third-order valence-corrected chi connectivity index (χ3v) is 7.02. The zero-order valence-electron chi connectivity index (χ0n) is 23.5. The van der Waals surface area contributed by atoms with Crippen molar-refractivity contribution in [2.45, 2.75) is 72.1 Å². The number of nitrogens with two attached hydrogens (primary N) is 1. The first-order valence-corrected chi connectivity index (χ1v) is 13.4. The van der Waals surface area contributed by atoms with Crippen LogP contribution in [0.2, 0.25) is 0 Å². The van der Waals surface area contributed by atoms with Gasteiger partial charge >= 0.3 is 0 Å². The normalized spacial score (nSPS) is 19.1. The summed E-state index contributed by atoms with van der Waals surface area (Å²) >= 11 is 0. The lowest BCUT2D eigenvalue weighted by Crippen LogP contribution is -2.61. The third-order valence-electron chi connectivity index (χ3n) is 7.02. The predicted octanol–water partition coefficient (Wildman–Crippen LogP) is 3.89. The molecule has 0 spiro atoms. The maximum absolute atomic E-state index is 13.9. The van der Waals surface area contributed by atoms with Gasteiger partial charge in [-0.2, -0.15) is 0 Å². The fraction of sp³-hybridized carbons (Fsp3) is 0.516. The van der Waals surface area contributed by atoms with Crippen LogP contribution in [0.1, 0.15) is 58.6 Å². The van der Waals surface area contributed by atoms with E-state index in [1.807, 2.05) is 81.4 Å².